The molecule has 0 unspecified atom stereocenters. The van der Waals surface area contributed by atoms with Gasteiger partial charge < -0.3 is 4.90 Å². The van der Waals surface area contributed by atoms with E-state index in [1.54, 1.807) is 24.4 Å². The van der Waals surface area contributed by atoms with E-state index in [0.717, 1.165) is 27.9 Å². The first kappa shape index (κ1) is 17.3. The Labute approximate surface area is 155 Å². The van der Waals surface area contributed by atoms with E-state index >= 15 is 0 Å². The molecule has 5 nitrogen and oxygen atoms in total. The number of amides is 2. The number of aromatic nitrogens is 1. The van der Waals surface area contributed by atoms with Crippen LogP contribution in [0.25, 0.3) is 6.08 Å². The minimum atomic E-state index is -0.457. The zero-order valence-electron chi connectivity index (χ0n) is 13.7. The number of imide groups is 1. The molecule has 2 aromatic rings. The third kappa shape index (κ3) is 3.62. The molecule has 2 amide bonds. The van der Waals surface area contributed by atoms with Crippen LogP contribution in [0.2, 0.25) is 0 Å². The van der Waals surface area contributed by atoms with E-state index in [0.29, 0.717) is 10.5 Å². The summed E-state index contributed by atoms with van der Waals surface area (Å²) in [4.78, 5) is 32.5. The fourth-order valence-corrected chi connectivity index (χ4v) is 3.54. The van der Waals surface area contributed by atoms with E-state index in [2.05, 4.69) is 4.98 Å². The van der Waals surface area contributed by atoms with Crippen LogP contribution in [0.3, 0.4) is 0 Å². The Morgan fingerprint density at radius 2 is 1.96 bits per heavy atom. The standard InChI is InChI=1S/C18H15N3O2S2/c1-20(2)14-7-5-12(6-8-14)10-15-17(23)21(18(24)25-15)16(22)13-4-3-9-19-11-13/h3-11H,1-2H3. The number of benzene rings is 1. The highest BCUT2D eigenvalue weighted by Crippen LogP contribution is 2.33. The highest BCUT2D eigenvalue weighted by atomic mass is 32.2. The van der Waals surface area contributed by atoms with Gasteiger partial charge >= 0.3 is 0 Å². The van der Waals surface area contributed by atoms with Crippen molar-refractivity contribution >= 4 is 51.9 Å². The average molecular weight is 369 g/mol. The van der Waals surface area contributed by atoms with Crippen molar-refractivity contribution in [1.82, 2.24) is 9.88 Å². The molecule has 0 bridgehead atoms. The summed E-state index contributed by atoms with van der Waals surface area (Å²) in [6.07, 6.45) is 4.73. The summed E-state index contributed by atoms with van der Waals surface area (Å²) < 4.78 is 0.231. The summed E-state index contributed by atoms with van der Waals surface area (Å²) >= 11 is 6.35. The molecule has 1 fully saturated rings. The second-order valence-electron chi connectivity index (χ2n) is 5.55. The minimum Gasteiger partial charge on any atom is -0.378 e. The molecule has 0 aliphatic carbocycles. The van der Waals surface area contributed by atoms with E-state index < -0.39 is 11.8 Å². The molecule has 25 heavy (non-hydrogen) atoms. The van der Waals surface area contributed by atoms with Gasteiger partial charge in [0, 0.05) is 32.2 Å². The number of nitrogens with zero attached hydrogens (tertiary/aromatic N) is 3. The number of pyridine rings is 1. The van der Waals surface area contributed by atoms with Gasteiger partial charge in [-0.1, -0.05) is 36.1 Å². The van der Waals surface area contributed by atoms with Crippen molar-refractivity contribution in [2.75, 3.05) is 19.0 Å². The first-order chi connectivity index (χ1) is 12.0. The zero-order chi connectivity index (χ0) is 18.0. The predicted octanol–water partition coefficient (Wildman–Crippen LogP) is 3.19. The molecular weight excluding hydrogens is 354 g/mol. The lowest BCUT2D eigenvalue weighted by Crippen LogP contribution is -2.34. The van der Waals surface area contributed by atoms with E-state index in [1.807, 2.05) is 43.3 Å². The topological polar surface area (TPSA) is 53.5 Å². The Hall–Kier alpha value is -2.51. The van der Waals surface area contributed by atoms with Crippen molar-refractivity contribution in [3.05, 3.63) is 64.8 Å². The summed E-state index contributed by atoms with van der Waals surface area (Å²) in [5, 5.41) is 0. The summed E-state index contributed by atoms with van der Waals surface area (Å²) in [7, 11) is 3.92. The highest BCUT2D eigenvalue weighted by molar-refractivity contribution is 8.26. The van der Waals surface area contributed by atoms with Crippen LogP contribution in [0.4, 0.5) is 5.69 Å². The molecule has 0 radical (unpaired) electrons. The van der Waals surface area contributed by atoms with Gasteiger partial charge in [0.2, 0.25) is 0 Å². The Bertz CT molecular complexity index is 862. The molecule has 1 aliphatic rings. The third-order valence-electron chi connectivity index (χ3n) is 3.61. The largest absolute Gasteiger partial charge is 0.378 e. The monoisotopic (exact) mass is 369 g/mol. The lowest BCUT2D eigenvalue weighted by Gasteiger charge is -2.12. The van der Waals surface area contributed by atoms with E-state index in [4.69, 9.17) is 12.2 Å². The molecule has 0 atom stereocenters. The van der Waals surface area contributed by atoms with E-state index in [-0.39, 0.29) is 4.32 Å². The van der Waals surface area contributed by atoms with Crippen LogP contribution in [0.5, 0.6) is 0 Å². The molecule has 1 saturated heterocycles. The Morgan fingerprint density at radius 3 is 2.56 bits per heavy atom. The Balaban J connectivity index is 1.84. The normalized spacial score (nSPS) is 15.8. The van der Waals surface area contributed by atoms with Gasteiger partial charge in [-0.3, -0.25) is 14.6 Å². The number of rotatable bonds is 3. The van der Waals surface area contributed by atoms with Crippen molar-refractivity contribution in [2.45, 2.75) is 0 Å². The number of hydrogen-bond acceptors (Lipinski definition) is 6. The molecule has 0 saturated carbocycles. The van der Waals surface area contributed by atoms with Crippen LogP contribution in [0, 0.1) is 0 Å². The Morgan fingerprint density at radius 1 is 1.24 bits per heavy atom. The van der Waals surface area contributed by atoms with Crippen LogP contribution in [-0.2, 0) is 4.79 Å². The molecule has 126 valence electrons. The quantitative estimate of drug-likeness (QED) is 0.471. The van der Waals surface area contributed by atoms with Gasteiger partial charge in [0.05, 0.1) is 10.5 Å². The number of carbonyl (C=O) groups excluding carboxylic acids is 2. The molecule has 1 aromatic carbocycles. The summed E-state index contributed by atoms with van der Waals surface area (Å²) in [6, 6.07) is 11.0. The first-order valence-electron chi connectivity index (χ1n) is 7.47. The SMILES string of the molecule is CN(C)c1ccc(C=C2SC(=S)N(C(=O)c3cccnc3)C2=O)cc1. The van der Waals surface area contributed by atoms with Crippen LogP contribution in [0.1, 0.15) is 15.9 Å². The molecule has 3 rings (SSSR count). The maximum absolute atomic E-state index is 12.6. The van der Waals surface area contributed by atoms with Gasteiger partial charge in [0.15, 0.2) is 4.32 Å². The molecule has 0 spiro atoms. The van der Waals surface area contributed by atoms with E-state index in [1.165, 1.54) is 6.20 Å². The number of thioether (sulfide) groups is 1. The van der Waals surface area contributed by atoms with Crippen molar-refractivity contribution < 1.29 is 9.59 Å². The molecule has 1 aliphatic heterocycles. The number of carbonyl (C=O) groups is 2. The first-order valence-corrected chi connectivity index (χ1v) is 8.69. The smallest absolute Gasteiger partial charge is 0.273 e. The van der Waals surface area contributed by atoms with Gasteiger partial charge in [-0.05, 0) is 35.9 Å². The molecule has 7 heteroatoms. The summed E-state index contributed by atoms with van der Waals surface area (Å²) in [6.45, 7) is 0. The van der Waals surface area contributed by atoms with Crippen LogP contribution < -0.4 is 4.90 Å². The van der Waals surface area contributed by atoms with Crippen molar-refractivity contribution in [1.29, 1.82) is 0 Å². The minimum absolute atomic E-state index is 0.231. The average Bonchev–Trinajstić information content (AvgIpc) is 2.89. The lowest BCUT2D eigenvalue weighted by atomic mass is 10.2. The third-order valence-corrected chi connectivity index (χ3v) is 4.91. The molecule has 1 aromatic heterocycles. The van der Waals surface area contributed by atoms with Crippen molar-refractivity contribution in [2.24, 2.45) is 0 Å². The predicted molar refractivity (Wildman–Crippen MR) is 104 cm³/mol. The van der Waals surface area contributed by atoms with Gasteiger partial charge in [0.25, 0.3) is 11.8 Å². The number of anilines is 1. The maximum Gasteiger partial charge on any atom is 0.273 e. The van der Waals surface area contributed by atoms with E-state index in [9.17, 15) is 9.59 Å². The van der Waals surface area contributed by atoms with Gasteiger partial charge in [-0.2, -0.15) is 0 Å². The van der Waals surface area contributed by atoms with Gasteiger partial charge in [-0.15, -0.1) is 0 Å². The molecule has 0 N–H and O–H groups in total. The fourth-order valence-electron chi connectivity index (χ4n) is 2.28. The summed E-state index contributed by atoms with van der Waals surface area (Å²) in [5.41, 5.74) is 2.27. The van der Waals surface area contributed by atoms with Crippen molar-refractivity contribution in [3.8, 4) is 0 Å². The number of hydrogen-bond donors (Lipinski definition) is 0. The fraction of sp³-hybridized carbons (Fsp3) is 0.111. The number of thiocarbonyl (C=S) groups is 1. The maximum atomic E-state index is 12.6. The second kappa shape index (κ2) is 7.16. The lowest BCUT2D eigenvalue weighted by molar-refractivity contribution is -0.120. The van der Waals surface area contributed by atoms with Crippen LogP contribution in [0.15, 0.2) is 53.7 Å². The Kier molecular flexibility index (Phi) is 4.96. The highest BCUT2D eigenvalue weighted by Gasteiger charge is 2.37. The van der Waals surface area contributed by atoms with Gasteiger partial charge in [0.1, 0.15) is 0 Å². The van der Waals surface area contributed by atoms with Crippen LogP contribution in [-0.4, -0.2) is 40.1 Å². The van der Waals surface area contributed by atoms with Gasteiger partial charge in [-0.25, -0.2) is 4.90 Å². The summed E-state index contributed by atoms with van der Waals surface area (Å²) in [5.74, 6) is -0.859. The molecular formula is C18H15N3O2S2. The van der Waals surface area contributed by atoms with Crippen molar-refractivity contribution in [3.63, 3.8) is 0 Å². The second-order valence-corrected chi connectivity index (χ2v) is 7.23. The zero-order valence-corrected chi connectivity index (χ0v) is 15.3. The van der Waals surface area contributed by atoms with Crippen LogP contribution >= 0.6 is 24.0 Å². The molecule has 2 heterocycles.